The standard InChI is InChI=1S/C19H14ClF4N3O2/c1-29-17-6-11(14(21)7-13(17)20)10-4-2-3-5-15(10)26-18(28)12-9-25-27-16(12)8-19(22,23)24/h2-7,9H,8H2,1H3,(H,25,27)(H,26,28). The van der Waals surface area contributed by atoms with Crippen LogP contribution in [0.2, 0.25) is 5.02 Å². The Morgan fingerprint density at radius 3 is 2.66 bits per heavy atom. The number of alkyl halides is 3. The molecule has 0 saturated heterocycles. The highest BCUT2D eigenvalue weighted by atomic mass is 35.5. The minimum Gasteiger partial charge on any atom is -0.495 e. The lowest BCUT2D eigenvalue weighted by molar-refractivity contribution is -0.127. The molecule has 0 saturated carbocycles. The van der Waals surface area contributed by atoms with Crippen molar-refractivity contribution in [2.24, 2.45) is 0 Å². The first kappa shape index (κ1) is 20.7. The number of anilines is 1. The number of aromatic nitrogens is 2. The van der Waals surface area contributed by atoms with Gasteiger partial charge in [0.15, 0.2) is 0 Å². The first-order valence-electron chi connectivity index (χ1n) is 8.23. The lowest BCUT2D eigenvalue weighted by atomic mass is 10.0. The van der Waals surface area contributed by atoms with Crippen LogP contribution in [0.25, 0.3) is 11.1 Å². The highest BCUT2D eigenvalue weighted by molar-refractivity contribution is 6.32. The zero-order valence-electron chi connectivity index (χ0n) is 14.9. The number of rotatable bonds is 5. The van der Waals surface area contributed by atoms with Crippen molar-refractivity contribution in [1.82, 2.24) is 10.2 Å². The van der Waals surface area contributed by atoms with Crippen LogP contribution < -0.4 is 10.1 Å². The summed E-state index contributed by atoms with van der Waals surface area (Å²) in [5, 5.41) is 8.34. The molecule has 0 aliphatic carbocycles. The predicted octanol–water partition coefficient (Wildman–Crippen LogP) is 5.23. The molecule has 0 aliphatic heterocycles. The van der Waals surface area contributed by atoms with E-state index in [9.17, 15) is 22.4 Å². The molecule has 3 aromatic rings. The molecule has 1 aromatic heterocycles. The lowest BCUT2D eigenvalue weighted by Gasteiger charge is -2.14. The van der Waals surface area contributed by atoms with Crippen molar-refractivity contribution >= 4 is 23.2 Å². The maximum absolute atomic E-state index is 14.5. The smallest absolute Gasteiger partial charge is 0.394 e. The predicted molar refractivity (Wildman–Crippen MR) is 99.7 cm³/mol. The van der Waals surface area contributed by atoms with Crippen LogP contribution in [-0.4, -0.2) is 29.4 Å². The van der Waals surface area contributed by atoms with Crippen LogP contribution >= 0.6 is 11.6 Å². The largest absolute Gasteiger partial charge is 0.495 e. The second kappa shape index (κ2) is 8.12. The van der Waals surface area contributed by atoms with Gasteiger partial charge < -0.3 is 10.1 Å². The monoisotopic (exact) mass is 427 g/mol. The van der Waals surface area contributed by atoms with Gasteiger partial charge in [0.1, 0.15) is 11.6 Å². The number of methoxy groups -OCH3 is 1. The molecule has 0 fully saturated rings. The first-order chi connectivity index (χ1) is 13.7. The fraction of sp³-hybridized carbons (Fsp3) is 0.158. The number of benzene rings is 2. The van der Waals surface area contributed by atoms with Crippen LogP contribution in [0.5, 0.6) is 5.75 Å². The number of hydrogen-bond acceptors (Lipinski definition) is 3. The number of carbonyl (C=O) groups is 1. The molecule has 1 amide bonds. The third kappa shape index (κ3) is 4.68. The van der Waals surface area contributed by atoms with Gasteiger partial charge in [-0.3, -0.25) is 9.89 Å². The third-order valence-electron chi connectivity index (χ3n) is 4.04. The number of H-pyrrole nitrogens is 1. The van der Waals surface area contributed by atoms with Crippen LogP contribution in [0.4, 0.5) is 23.2 Å². The third-order valence-corrected chi connectivity index (χ3v) is 4.33. The Balaban J connectivity index is 1.96. The highest BCUT2D eigenvalue weighted by Gasteiger charge is 2.31. The molecule has 3 rings (SSSR count). The number of ether oxygens (including phenoxy) is 1. The molecule has 0 radical (unpaired) electrons. The molecule has 29 heavy (non-hydrogen) atoms. The maximum Gasteiger partial charge on any atom is 0.394 e. The van der Waals surface area contributed by atoms with E-state index >= 15 is 0 Å². The summed E-state index contributed by atoms with van der Waals surface area (Å²) in [5.41, 5.74) is -0.0999. The topological polar surface area (TPSA) is 67.0 Å². The molecule has 0 unspecified atom stereocenters. The van der Waals surface area contributed by atoms with Crippen LogP contribution in [0.15, 0.2) is 42.6 Å². The Morgan fingerprint density at radius 2 is 1.97 bits per heavy atom. The molecule has 2 aromatic carbocycles. The van der Waals surface area contributed by atoms with Gasteiger partial charge in [-0.25, -0.2) is 4.39 Å². The minimum absolute atomic E-state index is 0.0745. The number of amides is 1. The number of aromatic amines is 1. The van der Waals surface area contributed by atoms with Crippen molar-refractivity contribution in [2.75, 3.05) is 12.4 Å². The Hall–Kier alpha value is -3.07. The Labute approximate surface area is 167 Å². The van der Waals surface area contributed by atoms with Gasteiger partial charge in [-0.05, 0) is 18.2 Å². The summed E-state index contributed by atoms with van der Waals surface area (Å²) in [6, 6.07) is 8.71. The Bertz CT molecular complexity index is 1050. The average Bonchev–Trinajstić information content (AvgIpc) is 3.09. The quantitative estimate of drug-likeness (QED) is 0.547. The number of nitrogens with one attached hydrogen (secondary N) is 2. The van der Waals surface area contributed by atoms with Gasteiger partial charge in [0.25, 0.3) is 5.91 Å². The van der Waals surface area contributed by atoms with Gasteiger partial charge in [0, 0.05) is 23.0 Å². The summed E-state index contributed by atoms with van der Waals surface area (Å²) >= 11 is 5.91. The van der Waals surface area contributed by atoms with Crippen molar-refractivity contribution in [3.05, 3.63) is 64.7 Å². The fourth-order valence-corrected chi connectivity index (χ4v) is 2.98. The summed E-state index contributed by atoms with van der Waals surface area (Å²) in [4.78, 5) is 12.5. The number of nitrogens with zero attached hydrogens (tertiary/aromatic N) is 1. The van der Waals surface area contributed by atoms with E-state index in [0.29, 0.717) is 5.56 Å². The lowest BCUT2D eigenvalue weighted by Crippen LogP contribution is -2.18. The Morgan fingerprint density at radius 1 is 1.24 bits per heavy atom. The number of carbonyl (C=O) groups excluding carboxylic acids is 1. The van der Waals surface area contributed by atoms with E-state index in [2.05, 4.69) is 15.5 Å². The minimum atomic E-state index is -4.52. The van der Waals surface area contributed by atoms with Crippen molar-refractivity contribution in [3.63, 3.8) is 0 Å². The Kier molecular flexibility index (Phi) is 5.78. The molecule has 10 heteroatoms. The van der Waals surface area contributed by atoms with Gasteiger partial charge in [-0.2, -0.15) is 18.3 Å². The van der Waals surface area contributed by atoms with Gasteiger partial charge in [-0.1, -0.05) is 29.8 Å². The summed E-state index contributed by atoms with van der Waals surface area (Å²) in [6.07, 6.45) is -4.81. The second-order valence-corrected chi connectivity index (χ2v) is 6.41. The summed E-state index contributed by atoms with van der Waals surface area (Å²) in [5.74, 6) is -1.24. The zero-order valence-corrected chi connectivity index (χ0v) is 15.7. The van der Waals surface area contributed by atoms with Gasteiger partial charge in [-0.15, -0.1) is 0 Å². The van der Waals surface area contributed by atoms with E-state index in [4.69, 9.17) is 16.3 Å². The number of para-hydroxylation sites is 1. The summed E-state index contributed by atoms with van der Waals surface area (Å²) in [6.45, 7) is 0. The van der Waals surface area contributed by atoms with E-state index in [0.717, 1.165) is 12.3 Å². The van der Waals surface area contributed by atoms with E-state index in [-0.39, 0.29) is 27.6 Å². The molecule has 0 bridgehead atoms. The van der Waals surface area contributed by atoms with E-state index in [1.807, 2.05) is 0 Å². The maximum atomic E-state index is 14.5. The molecule has 0 aliphatic rings. The molecular formula is C19H14ClF4N3O2. The molecule has 152 valence electrons. The van der Waals surface area contributed by atoms with Crippen molar-refractivity contribution in [2.45, 2.75) is 12.6 Å². The van der Waals surface area contributed by atoms with Crippen molar-refractivity contribution in [3.8, 4) is 16.9 Å². The summed E-state index contributed by atoms with van der Waals surface area (Å²) < 4.78 is 57.6. The molecule has 1 heterocycles. The molecule has 5 nitrogen and oxygen atoms in total. The van der Waals surface area contributed by atoms with Crippen molar-refractivity contribution in [1.29, 1.82) is 0 Å². The van der Waals surface area contributed by atoms with Crippen LogP contribution in [0.1, 0.15) is 16.1 Å². The van der Waals surface area contributed by atoms with E-state index < -0.39 is 30.0 Å². The second-order valence-electron chi connectivity index (χ2n) is 6.00. The highest BCUT2D eigenvalue weighted by Crippen LogP contribution is 2.36. The normalized spacial score (nSPS) is 11.4. The van der Waals surface area contributed by atoms with Crippen LogP contribution in [0.3, 0.4) is 0 Å². The molecule has 0 spiro atoms. The molecular weight excluding hydrogens is 414 g/mol. The van der Waals surface area contributed by atoms with Crippen molar-refractivity contribution < 1.29 is 27.1 Å². The SMILES string of the molecule is COc1cc(-c2ccccc2NC(=O)c2c[nH]nc2CC(F)(F)F)c(F)cc1Cl. The van der Waals surface area contributed by atoms with Gasteiger partial charge >= 0.3 is 6.18 Å². The number of hydrogen-bond donors (Lipinski definition) is 2. The van der Waals surface area contributed by atoms with Gasteiger partial charge in [0.2, 0.25) is 0 Å². The molecule has 0 atom stereocenters. The first-order valence-corrected chi connectivity index (χ1v) is 8.60. The summed E-state index contributed by atoms with van der Waals surface area (Å²) in [7, 11) is 1.37. The van der Waals surface area contributed by atoms with Crippen LogP contribution in [0, 0.1) is 5.82 Å². The van der Waals surface area contributed by atoms with E-state index in [1.165, 1.54) is 19.2 Å². The fourth-order valence-electron chi connectivity index (χ4n) is 2.75. The number of halogens is 5. The van der Waals surface area contributed by atoms with Crippen LogP contribution in [-0.2, 0) is 6.42 Å². The zero-order chi connectivity index (χ0) is 21.2. The average molecular weight is 428 g/mol. The van der Waals surface area contributed by atoms with Gasteiger partial charge in [0.05, 0.1) is 29.8 Å². The molecule has 2 N–H and O–H groups in total. The van der Waals surface area contributed by atoms with E-state index in [1.54, 1.807) is 18.2 Å².